The first kappa shape index (κ1) is 17.8. The normalized spacial score (nSPS) is 14.3. The Morgan fingerprint density at radius 3 is 2.85 bits per heavy atom. The number of rotatable bonds is 4. The van der Waals surface area contributed by atoms with Gasteiger partial charge in [-0.05, 0) is 48.2 Å². The van der Waals surface area contributed by atoms with Gasteiger partial charge < -0.3 is 9.88 Å². The second-order valence-electron chi connectivity index (χ2n) is 6.75. The fourth-order valence-electron chi connectivity index (χ4n) is 3.60. The average molecular weight is 383 g/mol. The van der Waals surface area contributed by atoms with E-state index in [1.54, 1.807) is 23.1 Å². The Kier molecular flexibility index (Phi) is 4.49. The van der Waals surface area contributed by atoms with Crippen LogP contribution >= 0.6 is 0 Å². The molecule has 6 nitrogen and oxygen atoms in total. The molecule has 27 heavy (non-hydrogen) atoms. The first-order valence-corrected chi connectivity index (χ1v) is 10.4. The van der Waals surface area contributed by atoms with Crippen molar-refractivity contribution in [3.05, 3.63) is 59.8 Å². The molecule has 0 spiro atoms. The standard InChI is InChI=1S/C20H21N3O3S/c1-14(24)23-10-4-5-15-11-17(8-9-20(15)23)27(25,26)22-13-16-12-21-19-7-3-2-6-18(16)19/h2-3,6-9,11-12,21-22H,4-5,10,13H2,1H3. The number of para-hydroxylation sites is 1. The Morgan fingerprint density at radius 1 is 1.22 bits per heavy atom. The van der Waals surface area contributed by atoms with Crippen LogP contribution in [-0.2, 0) is 27.8 Å². The molecule has 1 amide bonds. The van der Waals surface area contributed by atoms with Crippen molar-refractivity contribution in [3.8, 4) is 0 Å². The van der Waals surface area contributed by atoms with Gasteiger partial charge in [0.25, 0.3) is 0 Å². The van der Waals surface area contributed by atoms with Crippen molar-refractivity contribution in [2.45, 2.75) is 31.2 Å². The number of aryl methyl sites for hydroxylation is 1. The fourth-order valence-corrected chi connectivity index (χ4v) is 4.66. The highest BCUT2D eigenvalue weighted by Gasteiger charge is 2.23. The summed E-state index contributed by atoms with van der Waals surface area (Å²) in [6, 6.07) is 12.8. The largest absolute Gasteiger partial charge is 0.361 e. The Morgan fingerprint density at radius 2 is 2.04 bits per heavy atom. The molecule has 2 heterocycles. The number of amides is 1. The second-order valence-corrected chi connectivity index (χ2v) is 8.52. The number of benzene rings is 2. The van der Waals surface area contributed by atoms with Gasteiger partial charge in [0.1, 0.15) is 0 Å². The number of H-pyrrole nitrogens is 1. The van der Waals surface area contributed by atoms with Crippen LogP contribution in [0, 0.1) is 0 Å². The maximum absolute atomic E-state index is 12.8. The highest BCUT2D eigenvalue weighted by atomic mass is 32.2. The number of hydrogen-bond donors (Lipinski definition) is 2. The molecule has 0 unspecified atom stereocenters. The quantitative estimate of drug-likeness (QED) is 0.727. The van der Waals surface area contributed by atoms with E-state index in [1.807, 2.05) is 30.5 Å². The van der Waals surface area contributed by atoms with Crippen LogP contribution in [0.2, 0.25) is 0 Å². The van der Waals surface area contributed by atoms with Crippen LogP contribution < -0.4 is 9.62 Å². The fraction of sp³-hybridized carbons (Fsp3) is 0.250. The van der Waals surface area contributed by atoms with E-state index in [2.05, 4.69) is 9.71 Å². The maximum Gasteiger partial charge on any atom is 0.240 e. The summed E-state index contributed by atoms with van der Waals surface area (Å²) < 4.78 is 28.2. The van der Waals surface area contributed by atoms with Crippen LogP contribution in [0.4, 0.5) is 5.69 Å². The number of nitrogens with one attached hydrogen (secondary N) is 2. The summed E-state index contributed by atoms with van der Waals surface area (Å²) in [6.45, 7) is 2.42. The molecule has 2 aromatic carbocycles. The number of aromatic nitrogens is 1. The SMILES string of the molecule is CC(=O)N1CCCc2cc(S(=O)(=O)NCc3c[nH]c4ccccc34)ccc21. The number of nitrogens with zero attached hydrogens (tertiary/aromatic N) is 1. The van der Waals surface area contributed by atoms with Crippen molar-refractivity contribution in [1.29, 1.82) is 0 Å². The molecule has 0 saturated heterocycles. The highest BCUT2D eigenvalue weighted by molar-refractivity contribution is 7.89. The van der Waals surface area contributed by atoms with Gasteiger partial charge in [0.15, 0.2) is 0 Å². The van der Waals surface area contributed by atoms with Gasteiger partial charge in [-0.15, -0.1) is 0 Å². The monoisotopic (exact) mass is 383 g/mol. The smallest absolute Gasteiger partial charge is 0.240 e. The van der Waals surface area contributed by atoms with Crippen LogP contribution in [0.5, 0.6) is 0 Å². The zero-order valence-electron chi connectivity index (χ0n) is 15.0. The zero-order valence-corrected chi connectivity index (χ0v) is 15.8. The van der Waals surface area contributed by atoms with Crippen molar-refractivity contribution in [2.75, 3.05) is 11.4 Å². The van der Waals surface area contributed by atoms with Gasteiger partial charge in [-0.3, -0.25) is 4.79 Å². The summed E-state index contributed by atoms with van der Waals surface area (Å²) in [5.74, 6) is -0.0241. The molecule has 140 valence electrons. The summed E-state index contributed by atoms with van der Waals surface area (Å²) in [6.07, 6.45) is 3.43. The summed E-state index contributed by atoms with van der Waals surface area (Å²) in [5.41, 5.74) is 3.58. The molecular formula is C20H21N3O3S. The lowest BCUT2D eigenvalue weighted by Crippen LogP contribution is -2.33. The Labute approximate surface area is 158 Å². The Hall–Kier alpha value is -2.64. The number of aromatic amines is 1. The van der Waals surface area contributed by atoms with Crippen LogP contribution in [0.3, 0.4) is 0 Å². The van der Waals surface area contributed by atoms with E-state index in [9.17, 15) is 13.2 Å². The summed E-state index contributed by atoms with van der Waals surface area (Å²) >= 11 is 0. The molecule has 7 heteroatoms. The summed E-state index contributed by atoms with van der Waals surface area (Å²) in [7, 11) is -3.64. The van der Waals surface area contributed by atoms with Crippen LogP contribution in [0.15, 0.2) is 53.6 Å². The molecule has 1 aliphatic heterocycles. The van der Waals surface area contributed by atoms with Crippen LogP contribution in [0.25, 0.3) is 10.9 Å². The third-order valence-corrected chi connectivity index (χ3v) is 6.39. The van der Waals surface area contributed by atoms with E-state index in [0.29, 0.717) is 6.54 Å². The van der Waals surface area contributed by atoms with Crippen molar-refractivity contribution < 1.29 is 13.2 Å². The van der Waals surface area contributed by atoms with Crippen molar-refractivity contribution in [3.63, 3.8) is 0 Å². The summed E-state index contributed by atoms with van der Waals surface area (Å²) in [5, 5.41) is 1.00. The van der Waals surface area contributed by atoms with Gasteiger partial charge in [0.2, 0.25) is 15.9 Å². The molecule has 2 N–H and O–H groups in total. The first-order valence-electron chi connectivity index (χ1n) is 8.91. The van der Waals surface area contributed by atoms with E-state index in [-0.39, 0.29) is 17.3 Å². The van der Waals surface area contributed by atoms with Gasteiger partial charge in [0, 0.05) is 42.8 Å². The molecule has 1 aliphatic rings. The van der Waals surface area contributed by atoms with Crippen molar-refractivity contribution >= 4 is 32.5 Å². The molecule has 0 saturated carbocycles. The molecule has 0 bridgehead atoms. The lowest BCUT2D eigenvalue weighted by Gasteiger charge is -2.28. The first-order chi connectivity index (χ1) is 13.0. The lowest BCUT2D eigenvalue weighted by molar-refractivity contribution is -0.116. The number of hydrogen-bond acceptors (Lipinski definition) is 3. The van der Waals surface area contributed by atoms with Gasteiger partial charge in [0.05, 0.1) is 4.90 Å². The van der Waals surface area contributed by atoms with E-state index in [1.165, 1.54) is 6.92 Å². The minimum atomic E-state index is -3.64. The minimum Gasteiger partial charge on any atom is -0.361 e. The molecule has 4 rings (SSSR count). The molecule has 1 aromatic heterocycles. The van der Waals surface area contributed by atoms with E-state index < -0.39 is 10.0 Å². The third kappa shape index (κ3) is 3.36. The van der Waals surface area contributed by atoms with E-state index >= 15 is 0 Å². The number of fused-ring (bicyclic) bond motifs is 2. The van der Waals surface area contributed by atoms with E-state index in [4.69, 9.17) is 0 Å². The maximum atomic E-state index is 12.8. The minimum absolute atomic E-state index is 0.0241. The predicted octanol–water partition coefficient (Wildman–Crippen LogP) is 2.95. The highest BCUT2D eigenvalue weighted by Crippen LogP contribution is 2.29. The van der Waals surface area contributed by atoms with Gasteiger partial charge in [-0.2, -0.15) is 0 Å². The predicted molar refractivity (Wildman–Crippen MR) is 105 cm³/mol. The van der Waals surface area contributed by atoms with E-state index in [0.717, 1.165) is 40.6 Å². The molecule has 0 fully saturated rings. The third-order valence-electron chi connectivity index (χ3n) is 4.99. The number of anilines is 1. The average Bonchev–Trinajstić information content (AvgIpc) is 3.08. The van der Waals surface area contributed by atoms with Crippen LogP contribution in [0.1, 0.15) is 24.5 Å². The molecule has 3 aromatic rings. The van der Waals surface area contributed by atoms with Gasteiger partial charge in [-0.25, -0.2) is 13.1 Å². The topological polar surface area (TPSA) is 82.3 Å². The zero-order chi connectivity index (χ0) is 19.0. The molecule has 0 radical (unpaired) electrons. The summed E-state index contributed by atoms with van der Waals surface area (Å²) in [4.78, 5) is 16.9. The lowest BCUT2D eigenvalue weighted by atomic mass is 10.0. The second kappa shape index (κ2) is 6.83. The van der Waals surface area contributed by atoms with Crippen molar-refractivity contribution in [1.82, 2.24) is 9.71 Å². The Balaban J connectivity index is 1.58. The number of carbonyl (C=O) groups is 1. The number of carbonyl (C=O) groups excluding carboxylic acids is 1. The Bertz CT molecular complexity index is 1120. The van der Waals surface area contributed by atoms with Crippen LogP contribution in [-0.4, -0.2) is 25.9 Å². The molecule has 0 atom stereocenters. The molecule has 0 aliphatic carbocycles. The van der Waals surface area contributed by atoms with Gasteiger partial charge in [-0.1, -0.05) is 18.2 Å². The number of sulfonamides is 1. The van der Waals surface area contributed by atoms with Crippen molar-refractivity contribution in [2.24, 2.45) is 0 Å². The molecular weight excluding hydrogens is 362 g/mol. The van der Waals surface area contributed by atoms with Gasteiger partial charge >= 0.3 is 0 Å².